The third kappa shape index (κ3) is 3.28. The largest absolute Gasteiger partial charge is 0.490 e. The summed E-state index contributed by atoms with van der Waals surface area (Å²) in [5, 5.41) is 0.373. The highest BCUT2D eigenvalue weighted by atomic mass is 19.1. The fourth-order valence-electron chi connectivity index (χ4n) is 2.30. The Labute approximate surface area is 135 Å². The molecular formula is C16H15FN2O5. The molecule has 7 nitrogen and oxygen atoms in total. The van der Waals surface area contributed by atoms with E-state index in [2.05, 4.69) is 4.98 Å². The molecule has 0 fully saturated rings. The lowest BCUT2D eigenvalue weighted by Gasteiger charge is -2.09. The average molecular weight is 334 g/mol. The molecule has 2 aliphatic rings. The molecule has 8 heteroatoms. The van der Waals surface area contributed by atoms with Crippen molar-refractivity contribution in [2.75, 3.05) is 20.3 Å². The second-order valence-corrected chi connectivity index (χ2v) is 5.21. The van der Waals surface area contributed by atoms with E-state index in [-0.39, 0.29) is 22.8 Å². The van der Waals surface area contributed by atoms with Crippen LogP contribution in [0.25, 0.3) is 22.4 Å². The predicted octanol–water partition coefficient (Wildman–Crippen LogP) is 1.93. The second kappa shape index (κ2) is 6.79. The molecule has 0 radical (unpaired) electrons. The van der Waals surface area contributed by atoms with Gasteiger partial charge in [0, 0.05) is 25.2 Å². The van der Waals surface area contributed by atoms with Crippen molar-refractivity contribution >= 4 is 11.0 Å². The summed E-state index contributed by atoms with van der Waals surface area (Å²) in [7, 11) is 1.61. The quantitative estimate of drug-likeness (QED) is 0.547. The number of benzene rings is 1. The number of rotatable bonds is 6. The molecule has 0 bridgehead atoms. The molecule has 0 saturated heterocycles. The maximum absolute atomic E-state index is 14.1. The van der Waals surface area contributed by atoms with Crippen molar-refractivity contribution in [2.45, 2.75) is 12.8 Å². The van der Waals surface area contributed by atoms with Gasteiger partial charge in [0.2, 0.25) is 5.89 Å². The minimum atomic E-state index is -0.799. The molecule has 0 unspecified atom stereocenters. The molecule has 0 amide bonds. The highest BCUT2D eigenvalue weighted by molar-refractivity contribution is 5.83. The van der Waals surface area contributed by atoms with Crippen LogP contribution in [0.15, 0.2) is 32.2 Å². The van der Waals surface area contributed by atoms with Gasteiger partial charge in [-0.1, -0.05) is 0 Å². The molecule has 3 rings (SSSR count). The Morgan fingerprint density at radius 2 is 2.00 bits per heavy atom. The van der Waals surface area contributed by atoms with Gasteiger partial charge in [0.25, 0.3) is 5.56 Å². The van der Waals surface area contributed by atoms with E-state index in [4.69, 9.17) is 13.9 Å². The lowest BCUT2D eigenvalue weighted by molar-refractivity contribution is 0.183. The Balaban J connectivity index is 1.95. The number of unbranched alkanes of at least 4 members (excludes halogenated alkanes) is 1. The van der Waals surface area contributed by atoms with Gasteiger partial charge in [-0.15, -0.1) is 0 Å². The van der Waals surface area contributed by atoms with Gasteiger partial charge in [0.05, 0.1) is 6.61 Å². The Kier molecular flexibility index (Phi) is 4.57. The molecule has 2 aliphatic heterocycles. The molecule has 0 aliphatic carbocycles. The van der Waals surface area contributed by atoms with Crippen molar-refractivity contribution in [1.82, 2.24) is 9.97 Å². The Morgan fingerprint density at radius 1 is 1.21 bits per heavy atom. The number of fused-ring (bicyclic) bond motifs is 2. The zero-order chi connectivity index (χ0) is 17.1. The van der Waals surface area contributed by atoms with Gasteiger partial charge >= 0.3 is 5.69 Å². The first-order valence-corrected chi connectivity index (χ1v) is 7.37. The summed E-state index contributed by atoms with van der Waals surface area (Å²) >= 11 is 0. The molecule has 1 N–H and O–H groups in total. The molecule has 24 heavy (non-hydrogen) atoms. The summed E-state index contributed by atoms with van der Waals surface area (Å²) in [6.45, 7) is 0.949. The number of nitrogens with zero attached hydrogens (tertiary/aromatic N) is 1. The lowest BCUT2D eigenvalue weighted by Crippen LogP contribution is -2.24. The summed E-state index contributed by atoms with van der Waals surface area (Å²) in [5.74, 6) is -0.627. The number of hydrogen-bond acceptors (Lipinski definition) is 6. The van der Waals surface area contributed by atoms with Crippen LogP contribution >= 0.6 is 0 Å². The summed E-state index contributed by atoms with van der Waals surface area (Å²) in [6.07, 6.45) is 1.52. The Bertz CT molecular complexity index is 949. The van der Waals surface area contributed by atoms with Crippen LogP contribution in [-0.4, -0.2) is 30.3 Å². The highest BCUT2D eigenvalue weighted by Gasteiger charge is 2.16. The third-order valence-corrected chi connectivity index (χ3v) is 3.47. The number of nitrogens with one attached hydrogen (secondary N) is 1. The smallest absolute Gasteiger partial charge is 0.351 e. The molecular weight excluding hydrogens is 319 g/mol. The molecule has 1 aromatic rings. The first kappa shape index (κ1) is 16.1. The SMILES string of the molecule is COCCCCOc1cc2oc3nc(=O)[nH]c(=O)c-3cc2cc1F. The van der Waals surface area contributed by atoms with E-state index in [1.165, 1.54) is 18.2 Å². The molecule has 0 atom stereocenters. The maximum Gasteiger partial charge on any atom is 0.351 e. The Morgan fingerprint density at radius 3 is 2.79 bits per heavy atom. The molecule has 1 aromatic carbocycles. The van der Waals surface area contributed by atoms with Crippen LogP contribution in [0.1, 0.15) is 12.8 Å². The fraction of sp³-hybridized carbons (Fsp3) is 0.312. The van der Waals surface area contributed by atoms with Gasteiger partial charge in [-0.25, -0.2) is 9.18 Å². The normalized spacial score (nSPS) is 11.2. The van der Waals surface area contributed by atoms with Crippen LogP contribution in [0, 0.1) is 5.82 Å². The van der Waals surface area contributed by atoms with Crippen LogP contribution in [0.5, 0.6) is 5.75 Å². The number of H-pyrrole nitrogens is 1. The van der Waals surface area contributed by atoms with E-state index in [1.807, 2.05) is 4.98 Å². The number of methoxy groups -OCH3 is 1. The lowest BCUT2D eigenvalue weighted by atomic mass is 10.1. The van der Waals surface area contributed by atoms with Gasteiger partial charge < -0.3 is 13.9 Å². The molecule has 0 aromatic heterocycles. The second-order valence-electron chi connectivity index (χ2n) is 5.21. The van der Waals surface area contributed by atoms with E-state index in [9.17, 15) is 14.0 Å². The predicted molar refractivity (Wildman–Crippen MR) is 84.1 cm³/mol. The monoisotopic (exact) mass is 334 g/mol. The van der Waals surface area contributed by atoms with Crippen molar-refractivity contribution in [2.24, 2.45) is 0 Å². The van der Waals surface area contributed by atoms with Crippen LogP contribution in [-0.2, 0) is 4.74 Å². The topological polar surface area (TPSA) is 94.4 Å². The van der Waals surface area contributed by atoms with Crippen molar-refractivity contribution in [1.29, 1.82) is 0 Å². The highest BCUT2D eigenvalue weighted by Crippen LogP contribution is 2.29. The summed E-state index contributed by atoms with van der Waals surface area (Å²) in [5.41, 5.74) is -1.08. The standard InChI is InChI=1S/C16H15FN2O5/c1-22-4-2-3-5-23-13-8-12-9(7-11(13)17)6-10-14(20)18-16(21)19-15(10)24-12/h6-8H,2-5H2,1H3,(H,18,20,21). The van der Waals surface area contributed by atoms with Crippen LogP contribution in [0.2, 0.25) is 0 Å². The van der Waals surface area contributed by atoms with Crippen LogP contribution in [0.4, 0.5) is 4.39 Å². The molecule has 126 valence electrons. The van der Waals surface area contributed by atoms with Crippen molar-refractivity contribution in [3.63, 3.8) is 0 Å². The van der Waals surface area contributed by atoms with E-state index < -0.39 is 17.1 Å². The number of hydrogen-bond donors (Lipinski definition) is 1. The number of aromatic amines is 1. The maximum atomic E-state index is 14.1. The van der Waals surface area contributed by atoms with Crippen molar-refractivity contribution in [3.8, 4) is 17.2 Å². The first-order valence-electron chi connectivity index (χ1n) is 7.37. The molecule has 0 spiro atoms. The van der Waals surface area contributed by atoms with Crippen molar-refractivity contribution < 1.29 is 18.3 Å². The molecule has 0 saturated carbocycles. The first-order chi connectivity index (χ1) is 11.6. The van der Waals surface area contributed by atoms with E-state index in [1.54, 1.807) is 7.11 Å². The van der Waals surface area contributed by atoms with Crippen molar-refractivity contribution in [3.05, 3.63) is 44.9 Å². The zero-order valence-corrected chi connectivity index (χ0v) is 12.9. The van der Waals surface area contributed by atoms with E-state index in [0.29, 0.717) is 18.6 Å². The van der Waals surface area contributed by atoms with E-state index >= 15 is 0 Å². The summed E-state index contributed by atoms with van der Waals surface area (Å²) < 4.78 is 29.9. The van der Waals surface area contributed by atoms with Crippen LogP contribution < -0.4 is 16.0 Å². The van der Waals surface area contributed by atoms with Gasteiger partial charge in [0.15, 0.2) is 11.6 Å². The van der Waals surface area contributed by atoms with Gasteiger partial charge in [-0.3, -0.25) is 9.78 Å². The minimum absolute atomic E-state index is 0.0372. The van der Waals surface area contributed by atoms with Gasteiger partial charge in [-0.05, 0) is 25.0 Å². The minimum Gasteiger partial charge on any atom is -0.490 e. The molecule has 2 heterocycles. The third-order valence-electron chi connectivity index (χ3n) is 3.47. The summed E-state index contributed by atoms with van der Waals surface area (Å²) in [4.78, 5) is 28.7. The fourth-order valence-corrected chi connectivity index (χ4v) is 2.30. The number of halogens is 1. The average Bonchev–Trinajstić information content (AvgIpc) is 2.54. The number of aromatic nitrogens is 2. The van der Waals surface area contributed by atoms with E-state index in [0.717, 1.165) is 12.8 Å². The van der Waals surface area contributed by atoms with Gasteiger partial charge in [-0.2, -0.15) is 4.98 Å². The van der Waals surface area contributed by atoms with Gasteiger partial charge in [0.1, 0.15) is 11.1 Å². The van der Waals surface area contributed by atoms with Crippen LogP contribution in [0.3, 0.4) is 0 Å². The summed E-state index contributed by atoms with van der Waals surface area (Å²) in [6, 6.07) is 4.02. The number of ether oxygens (including phenoxy) is 2. The Hall–Kier alpha value is -2.74. The zero-order valence-electron chi connectivity index (χ0n) is 12.9.